The number of rotatable bonds is 2. The number of ether oxygens (including phenoxy) is 1. The predicted molar refractivity (Wildman–Crippen MR) is 62.5 cm³/mol. The van der Waals surface area contributed by atoms with Gasteiger partial charge in [-0.2, -0.15) is 13.2 Å². The largest absolute Gasteiger partial charge is 0.494 e. The lowest BCUT2D eigenvalue weighted by Crippen LogP contribution is -2.40. The van der Waals surface area contributed by atoms with Gasteiger partial charge in [-0.05, 0) is 30.5 Å². The van der Waals surface area contributed by atoms with Gasteiger partial charge in [0.25, 0.3) is 0 Å². The Morgan fingerprint density at radius 3 is 2.47 bits per heavy atom. The van der Waals surface area contributed by atoms with Crippen molar-refractivity contribution in [3.05, 3.63) is 29.6 Å². The zero-order valence-electron chi connectivity index (χ0n) is 10.4. The van der Waals surface area contributed by atoms with Gasteiger partial charge in [0.05, 0.1) is 13.0 Å². The maximum atomic E-state index is 13.5. The number of benzene rings is 1. The lowest BCUT2D eigenvalue weighted by atomic mass is 9.90. The second-order valence-corrected chi connectivity index (χ2v) is 4.67. The molecule has 1 aromatic carbocycles. The predicted octanol–water partition coefficient (Wildman–Crippen LogP) is 3.44. The van der Waals surface area contributed by atoms with Crippen LogP contribution < -0.4 is 10.1 Å². The van der Waals surface area contributed by atoms with E-state index in [4.69, 9.17) is 4.74 Å². The number of alkyl halides is 3. The minimum absolute atomic E-state index is 0.0643. The molecule has 2 nitrogen and oxygen atoms in total. The van der Waals surface area contributed by atoms with Gasteiger partial charge < -0.3 is 10.1 Å². The molecular formula is C13H15F4NO. The number of methoxy groups -OCH3 is 1. The van der Waals surface area contributed by atoms with Crippen molar-refractivity contribution < 1.29 is 22.3 Å². The second kappa shape index (κ2) is 5.36. The third-order valence-electron chi connectivity index (χ3n) is 3.46. The quantitative estimate of drug-likeness (QED) is 0.836. The average Bonchev–Trinajstić information content (AvgIpc) is 2.38. The van der Waals surface area contributed by atoms with Gasteiger partial charge in [0, 0.05) is 12.6 Å². The monoisotopic (exact) mass is 277 g/mol. The summed E-state index contributed by atoms with van der Waals surface area (Å²) in [5.41, 5.74) is 0.652. The number of hydrogen-bond donors (Lipinski definition) is 1. The van der Waals surface area contributed by atoms with Gasteiger partial charge in [0.15, 0.2) is 11.6 Å². The van der Waals surface area contributed by atoms with E-state index in [0.29, 0.717) is 12.0 Å². The lowest BCUT2D eigenvalue weighted by molar-refractivity contribution is -0.179. The normalized spacial score (nSPS) is 24.3. The van der Waals surface area contributed by atoms with Gasteiger partial charge >= 0.3 is 6.18 Å². The number of piperidine rings is 1. The summed E-state index contributed by atoms with van der Waals surface area (Å²) >= 11 is 0. The molecule has 0 spiro atoms. The third-order valence-corrected chi connectivity index (χ3v) is 3.46. The second-order valence-electron chi connectivity index (χ2n) is 4.67. The van der Waals surface area contributed by atoms with Gasteiger partial charge in [0.2, 0.25) is 0 Å². The Labute approximate surface area is 108 Å². The molecule has 1 fully saturated rings. The highest BCUT2D eigenvalue weighted by Crippen LogP contribution is 2.36. The molecule has 0 aromatic heterocycles. The molecule has 106 valence electrons. The fourth-order valence-corrected chi connectivity index (χ4v) is 2.32. The minimum atomic E-state index is -4.16. The van der Waals surface area contributed by atoms with Gasteiger partial charge in [0.1, 0.15) is 0 Å². The van der Waals surface area contributed by atoms with Gasteiger partial charge in [-0.1, -0.05) is 6.07 Å². The molecule has 1 aliphatic rings. The number of nitrogens with one attached hydrogen (secondary N) is 1. The molecule has 1 N–H and O–H groups in total. The van der Waals surface area contributed by atoms with E-state index >= 15 is 0 Å². The molecule has 1 aromatic rings. The highest BCUT2D eigenvalue weighted by molar-refractivity contribution is 5.31. The van der Waals surface area contributed by atoms with Crippen molar-refractivity contribution in [1.29, 1.82) is 0 Å². The minimum Gasteiger partial charge on any atom is -0.494 e. The Morgan fingerprint density at radius 2 is 2.00 bits per heavy atom. The maximum Gasteiger partial charge on any atom is 0.393 e. The van der Waals surface area contributed by atoms with Crippen LogP contribution in [0.1, 0.15) is 24.4 Å². The summed E-state index contributed by atoms with van der Waals surface area (Å²) in [6.45, 7) is -0.123. The first kappa shape index (κ1) is 14.1. The van der Waals surface area contributed by atoms with E-state index in [0.717, 1.165) is 0 Å². The molecule has 6 heteroatoms. The molecule has 1 saturated heterocycles. The van der Waals surface area contributed by atoms with Crippen molar-refractivity contribution in [2.24, 2.45) is 5.92 Å². The van der Waals surface area contributed by atoms with Crippen LogP contribution in [0.15, 0.2) is 18.2 Å². The van der Waals surface area contributed by atoms with E-state index in [-0.39, 0.29) is 24.8 Å². The Hall–Kier alpha value is -1.30. The molecule has 2 rings (SSSR count). The van der Waals surface area contributed by atoms with Crippen LogP contribution in [0.5, 0.6) is 5.75 Å². The molecule has 0 aliphatic carbocycles. The smallest absolute Gasteiger partial charge is 0.393 e. The molecule has 1 heterocycles. The zero-order chi connectivity index (χ0) is 14.0. The van der Waals surface area contributed by atoms with E-state index in [1.165, 1.54) is 19.2 Å². The summed E-state index contributed by atoms with van der Waals surface area (Å²) in [7, 11) is 1.37. The summed E-state index contributed by atoms with van der Waals surface area (Å²) < 4.78 is 55.9. The van der Waals surface area contributed by atoms with Gasteiger partial charge in [-0.15, -0.1) is 0 Å². The standard InChI is InChI=1S/C13H15F4NO/c1-19-12-5-2-8(6-10(12)14)11-4-3-9(7-18-11)13(15,16)17/h2,5-6,9,11,18H,3-4,7H2,1H3. The summed E-state index contributed by atoms with van der Waals surface area (Å²) in [6.07, 6.45) is -3.76. The van der Waals surface area contributed by atoms with E-state index in [1.807, 2.05) is 0 Å². The molecule has 0 amide bonds. The fraction of sp³-hybridized carbons (Fsp3) is 0.538. The number of halogens is 4. The molecule has 0 saturated carbocycles. The van der Waals surface area contributed by atoms with E-state index in [1.54, 1.807) is 6.07 Å². The topological polar surface area (TPSA) is 21.3 Å². The van der Waals surface area contributed by atoms with Crippen LogP contribution in [0, 0.1) is 11.7 Å². The van der Waals surface area contributed by atoms with Crippen molar-refractivity contribution in [2.45, 2.75) is 25.1 Å². The van der Waals surface area contributed by atoms with E-state index in [2.05, 4.69) is 5.32 Å². The first-order chi connectivity index (χ1) is 8.91. The first-order valence-corrected chi connectivity index (χ1v) is 6.05. The summed E-state index contributed by atoms with van der Waals surface area (Å²) in [4.78, 5) is 0. The molecule has 1 aliphatic heterocycles. The van der Waals surface area contributed by atoms with Gasteiger partial charge in [-0.3, -0.25) is 0 Å². The fourth-order valence-electron chi connectivity index (χ4n) is 2.32. The van der Waals surface area contributed by atoms with E-state index in [9.17, 15) is 17.6 Å². The highest BCUT2D eigenvalue weighted by Gasteiger charge is 2.41. The molecule has 0 radical (unpaired) electrons. The Morgan fingerprint density at radius 1 is 1.26 bits per heavy atom. The van der Waals surface area contributed by atoms with E-state index < -0.39 is 17.9 Å². The summed E-state index contributed by atoms with van der Waals surface area (Å²) in [5, 5.41) is 2.83. The Balaban J connectivity index is 2.04. The van der Waals surface area contributed by atoms with Crippen molar-refractivity contribution >= 4 is 0 Å². The SMILES string of the molecule is COc1ccc(C2CCC(C(F)(F)F)CN2)cc1F. The first-order valence-electron chi connectivity index (χ1n) is 6.05. The highest BCUT2D eigenvalue weighted by atomic mass is 19.4. The van der Waals surface area contributed by atoms with Crippen LogP contribution in [0.3, 0.4) is 0 Å². The Kier molecular flexibility index (Phi) is 3.99. The van der Waals surface area contributed by atoms with Crippen LogP contribution in [-0.4, -0.2) is 19.8 Å². The molecule has 2 atom stereocenters. The summed E-state index contributed by atoms with van der Waals surface area (Å²) in [6, 6.07) is 4.24. The summed E-state index contributed by atoms with van der Waals surface area (Å²) in [5.74, 6) is -1.68. The van der Waals surface area contributed by atoms with Crippen molar-refractivity contribution in [3.63, 3.8) is 0 Å². The van der Waals surface area contributed by atoms with Crippen LogP contribution >= 0.6 is 0 Å². The average molecular weight is 277 g/mol. The lowest BCUT2D eigenvalue weighted by Gasteiger charge is -2.31. The molecule has 2 unspecified atom stereocenters. The van der Waals surface area contributed by atoms with Crippen LogP contribution in [0.2, 0.25) is 0 Å². The van der Waals surface area contributed by atoms with Crippen molar-refractivity contribution in [3.8, 4) is 5.75 Å². The third kappa shape index (κ3) is 3.18. The number of hydrogen-bond acceptors (Lipinski definition) is 2. The van der Waals surface area contributed by atoms with Crippen molar-refractivity contribution in [2.75, 3.05) is 13.7 Å². The van der Waals surface area contributed by atoms with Crippen LogP contribution in [-0.2, 0) is 0 Å². The van der Waals surface area contributed by atoms with Gasteiger partial charge in [-0.25, -0.2) is 4.39 Å². The molecule has 19 heavy (non-hydrogen) atoms. The van der Waals surface area contributed by atoms with Crippen molar-refractivity contribution in [1.82, 2.24) is 5.32 Å². The van der Waals surface area contributed by atoms with Crippen LogP contribution in [0.25, 0.3) is 0 Å². The van der Waals surface area contributed by atoms with Crippen LogP contribution in [0.4, 0.5) is 17.6 Å². The Bertz CT molecular complexity index is 439. The molecular weight excluding hydrogens is 262 g/mol. The maximum absolute atomic E-state index is 13.5. The zero-order valence-corrected chi connectivity index (χ0v) is 10.4. The molecule has 0 bridgehead atoms.